The molecule has 4 heterocycles. The highest BCUT2D eigenvalue weighted by Crippen LogP contribution is 2.33. The fourth-order valence-corrected chi connectivity index (χ4v) is 4.68. The van der Waals surface area contributed by atoms with Crippen LogP contribution in [0.1, 0.15) is 29.0 Å². The predicted molar refractivity (Wildman–Crippen MR) is 115 cm³/mol. The minimum Gasteiger partial charge on any atom is -0.450 e. The summed E-state index contributed by atoms with van der Waals surface area (Å²) in [5.41, 5.74) is 3.34. The van der Waals surface area contributed by atoms with Crippen LogP contribution in [-0.2, 0) is 6.61 Å². The molecule has 3 aromatic rings. The molecule has 2 aromatic carbocycles. The van der Waals surface area contributed by atoms with E-state index in [1.807, 2.05) is 48.5 Å². The number of hydrogen-bond acceptors (Lipinski definition) is 4. The van der Waals surface area contributed by atoms with Crippen molar-refractivity contribution in [3.05, 3.63) is 59.9 Å². The Morgan fingerprint density at radius 3 is 2.59 bits per heavy atom. The lowest BCUT2D eigenvalue weighted by molar-refractivity contribution is 0.0607. The highest BCUT2D eigenvalue weighted by Gasteiger charge is 2.35. The van der Waals surface area contributed by atoms with Crippen LogP contribution in [0.15, 0.2) is 52.9 Å². The van der Waals surface area contributed by atoms with Crippen molar-refractivity contribution in [2.24, 2.45) is 5.92 Å². The Labute approximate surface area is 176 Å². The zero-order valence-electron chi connectivity index (χ0n) is 16.1. The van der Waals surface area contributed by atoms with Gasteiger partial charge >= 0.3 is 0 Å². The molecule has 5 nitrogen and oxygen atoms in total. The van der Waals surface area contributed by atoms with Crippen LogP contribution in [0.4, 0.5) is 0 Å². The van der Waals surface area contributed by atoms with E-state index in [2.05, 4.69) is 10.2 Å². The third-order valence-electron chi connectivity index (χ3n) is 6.22. The quantitative estimate of drug-likeness (QED) is 0.683. The number of hydrogen-bond donors (Lipinski definition) is 2. The fourth-order valence-electron chi connectivity index (χ4n) is 4.68. The number of nitrogens with zero attached hydrogens (tertiary/aromatic N) is 1. The molecule has 6 rings (SSSR count). The van der Waals surface area contributed by atoms with E-state index in [9.17, 15) is 9.90 Å². The lowest BCUT2D eigenvalue weighted by atomic mass is 9.84. The molecule has 0 saturated carbocycles. The molecule has 1 amide bonds. The molecule has 0 unspecified atom stereocenters. The number of aliphatic hydroxyl groups excluding tert-OH is 1. The van der Waals surface area contributed by atoms with Crippen LogP contribution in [0, 0.1) is 5.92 Å². The number of furan rings is 1. The molecule has 3 fully saturated rings. The van der Waals surface area contributed by atoms with E-state index in [0.717, 1.165) is 54.6 Å². The maximum absolute atomic E-state index is 12.9. The lowest BCUT2D eigenvalue weighted by Crippen LogP contribution is -2.57. The van der Waals surface area contributed by atoms with Gasteiger partial charge in [-0.05, 0) is 49.0 Å². The summed E-state index contributed by atoms with van der Waals surface area (Å²) in [5, 5.41) is 13.8. The molecule has 152 valence electrons. The van der Waals surface area contributed by atoms with Crippen LogP contribution in [0.2, 0.25) is 0 Å². The molecule has 3 aliphatic rings. The first kappa shape index (κ1) is 20.0. The number of rotatable bonds is 4. The standard InChI is InChI=1S/C23H24N2O3.ClH/c26-14-17-4-1-2-6-18(17)19-7-3-5-16-12-21(28-22(16)19)23(27)24-20-13-25-10-8-15(20)9-11-25;/h1-7,12,15,20,26H,8-11,13-14H2,(H,24,27);1H/t20-;/m1./s1. The maximum Gasteiger partial charge on any atom is 0.287 e. The van der Waals surface area contributed by atoms with Gasteiger partial charge in [0.15, 0.2) is 5.76 Å². The first-order valence-electron chi connectivity index (χ1n) is 9.98. The van der Waals surface area contributed by atoms with Crippen LogP contribution >= 0.6 is 12.4 Å². The van der Waals surface area contributed by atoms with Crippen LogP contribution in [0.5, 0.6) is 0 Å². The highest BCUT2D eigenvalue weighted by atomic mass is 35.5. The van der Waals surface area contributed by atoms with Crippen molar-refractivity contribution in [1.82, 2.24) is 10.2 Å². The number of amides is 1. The van der Waals surface area contributed by atoms with E-state index < -0.39 is 0 Å². The molecule has 6 heteroatoms. The summed E-state index contributed by atoms with van der Waals surface area (Å²) in [7, 11) is 0. The number of fused-ring (bicyclic) bond motifs is 4. The van der Waals surface area contributed by atoms with Gasteiger partial charge in [0.05, 0.1) is 6.61 Å². The molecule has 0 aliphatic carbocycles. The third kappa shape index (κ3) is 3.66. The summed E-state index contributed by atoms with van der Waals surface area (Å²) in [4.78, 5) is 15.3. The Bertz CT molecular complexity index is 1020. The van der Waals surface area contributed by atoms with Crippen molar-refractivity contribution in [3.63, 3.8) is 0 Å². The number of carbonyl (C=O) groups excluding carboxylic acids is 1. The average Bonchev–Trinajstić information content (AvgIpc) is 3.19. The SMILES string of the molecule is Cl.O=C(N[C@@H]1CN2CCC1CC2)c1cc2cccc(-c3ccccc3CO)c2o1. The maximum atomic E-state index is 12.9. The Balaban J connectivity index is 0.00000205. The second kappa shape index (κ2) is 8.19. The van der Waals surface area contributed by atoms with E-state index >= 15 is 0 Å². The van der Waals surface area contributed by atoms with Crippen LogP contribution < -0.4 is 5.32 Å². The van der Waals surface area contributed by atoms with Crippen LogP contribution in [0.25, 0.3) is 22.1 Å². The summed E-state index contributed by atoms with van der Waals surface area (Å²) in [6.45, 7) is 3.19. The van der Waals surface area contributed by atoms with Crippen molar-refractivity contribution in [2.45, 2.75) is 25.5 Å². The molecule has 1 atom stereocenters. The van der Waals surface area contributed by atoms with Gasteiger partial charge in [-0.2, -0.15) is 0 Å². The molecule has 29 heavy (non-hydrogen) atoms. The van der Waals surface area contributed by atoms with Crippen LogP contribution in [-0.4, -0.2) is 41.6 Å². The first-order chi connectivity index (χ1) is 13.7. The van der Waals surface area contributed by atoms with Crippen LogP contribution in [0.3, 0.4) is 0 Å². The molecule has 3 aliphatic heterocycles. The Morgan fingerprint density at radius 2 is 1.86 bits per heavy atom. The largest absolute Gasteiger partial charge is 0.450 e. The minimum absolute atomic E-state index is 0. The molecular weight excluding hydrogens is 388 g/mol. The van der Waals surface area contributed by atoms with Crippen molar-refractivity contribution in [2.75, 3.05) is 19.6 Å². The molecule has 2 bridgehead atoms. The number of carbonyl (C=O) groups is 1. The predicted octanol–water partition coefficient (Wildman–Crippen LogP) is 3.84. The Kier molecular flexibility index (Phi) is 5.63. The van der Waals surface area contributed by atoms with Crippen molar-refractivity contribution < 1.29 is 14.3 Å². The fraction of sp³-hybridized carbons (Fsp3) is 0.348. The monoisotopic (exact) mass is 412 g/mol. The summed E-state index contributed by atoms with van der Waals surface area (Å²) in [6, 6.07) is 15.6. The number of aliphatic hydroxyl groups is 1. The van der Waals surface area contributed by atoms with E-state index in [0.29, 0.717) is 17.3 Å². The smallest absolute Gasteiger partial charge is 0.287 e. The van der Waals surface area contributed by atoms with E-state index in [1.165, 1.54) is 0 Å². The van der Waals surface area contributed by atoms with Gasteiger partial charge in [0.2, 0.25) is 0 Å². The zero-order valence-corrected chi connectivity index (χ0v) is 17.0. The molecule has 0 radical (unpaired) electrons. The second-order valence-electron chi connectivity index (χ2n) is 7.87. The van der Waals surface area contributed by atoms with Gasteiger partial charge in [-0.3, -0.25) is 4.79 Å². The van der Waals surface area contributed by atoms with Gasteiger partial charge in [-0.25, -0.2) is 0 Å². The van der Waals surface area contributed by atoms with E-state index in [1.54, 1.807) is 0 Å². The zero-order chi connectivity index (χ0) is 19.1. The van der Waals surface area contributed by atoms with Gasteiger partial charge in [0, 0.05) is 23.5 Å². The highest BCUT2D eigenvalue weighted by molar-refractivity contribution is 6.00. The van der Waals surface area contributed by atoms with E-state index in [4.69, 9.17) is 4.42 Å². The summed E-state index contributed by atoms with van der Waals surface area (Å²) < 4.78 is 6.03. The molecule has 3 saturated heterocycles. The number of halogens is 1. The third-order valence-corrected chi connectivity index (χ3v) is 6.22. The molecule has 2 N–H and O–H groups in total. The lowest BCUT2D eigenvalue weighted by Gasteiger charge is -2.44. The summed E-state index contributed by atoms with van der Waals surface area (Å²) in [6.07, 6.45) is 2.32. The number of nitrogens with one attached hydrogen (secondary N) is 1. The van der Waals surface area contributed by atoms with Crippen molar-refractivity contribution >= 4 is 29.3 Å². The molecule has 0 spiro atoms. The Morgan fingerprint density at radius 1 is 1.10 bits per heavy atom. The minimum atomic E-state index is -0.142. The first-order valence-corrected chi connectivity index (χ1v) is 9.98. The van der Waals surface area contributed by atoms with Crippen molar-refractivity contribution in [3.8, 4) is 11.1 Å². The number of para-hydroxylation sites is 1. The van der Waals surface area contributed by atoms with Gasteiger partial charge in [-0.15, -0.1) is 12.4 Å². The van der Waals surface area contributed by atoms with E-state index in [-0.39, 0.29) is 31.0 Å². The number of benzene rings is 2. The molecule has 1 aromatic heterocycles. The summed E-state index contributed by atoms with van der Waals surface area (Å²) >= 11 is 0. The van der Waals surface area contributed by atoms with Gasteiger partial charge < -0.3 is 19.7 Å². The number of piperidine rings is 3. The Hall–Kier alpha value is -2.34. The average molecular weight is 413 g/mol. The van der Waals surface area contributed by atoms with Gasteiger partial charge in [0.25, 0.3) is 5.91 Å². The van der Waals surface area contributed by atoms with Gasteiger partial charge in [-0.1, -0.05) is 42.5 Å². The normalized spacial score (nSPS) is 23.0. The topological polar surface area (TPSA) is 65.7 Å². The summed E-state index contributed by atoms with van der Waals surface area (Å²) in [5.74, 6) is 0.780. The van der Waals surface area contributed by atoms with Gasteiger partial charge in [0.1, 0.15) is 5.58 Å². The molecular formula is C23H25ClN2O3. The van der Waals surface area contributed by atoms with Crippen molar-refractivity contribution in [1.29, 1.82) is 0 Å². The second-order valence-corrected chi connectivity index (χ2v) is 7.87.